The molecule has 0 radical (unpaired) electrons. The van der Waals surface area contributed by atoms with Crippen LogP contribution in [0.2, 0.25) is 0 Å². The molecule has 166 valence electrons. The molecule has 0 unspecified atom stereocenters. The van der Waals surface area contributed by atoms with Crippen molar-refractivity contribution in [1.29, 1.82) is 0 Å². The SMILES string of the molecule is OB(O)c1cc(-c2ccc3c(c2)c2ccccc2n3-c2ccccc2)cc2c1sc1ccccc12. The van der Waals surface area contributed by atoms with E-state index >= 15 is 0 Å². The average Bonchev–Trinajstić information content (AvgIpc) is 3.44. The Balaban J connectivity index is 1.52. The van der Waals surface area contributed by atoms with Crippen molar-refractivity contribution in [1.82, 2.24) is 4.57 Å². The van der Waals surface area contributed by atoms with Crippen LogP contribution in [0.5, 0.6) is 0 Å². The first kappa shape index (κ1) is 20.5. The molecule has 0 aliphatic carbocycles. The zero-order valence-corrected chi connectivity index (χ0v) is 19.5. The summed E-state index contributed by atoms with van der Waals surface area (Å²) in [7, 11) is -1.53. The first-order valence-electron chi connectivity index (χ1n) is 11.6. The Morgan fingerprint density at radius 3 is 2.09 bits per heavy atom. The van der Waals surface area contributed by atoms with E-state index < -0.39 is 7.12 Å². The fourth-order valence-electron chi connectivity index (χ4n) is 5.22. The zero-order chi connectivity index (χ0) is 23.5. The quantitative estimate of drug-likeness (QED) is 0.290. The van der Waals surface area contributed by atoms with Crippen LogP contribution in [0.15, 0.2) is 109 Å². The van der Waals surface area contributed by atoms with E-state index in [2.05, 4.69) is 89.5 Å². The summed E-state index contributed by atoms with van der Waals surface area (Å²) in [6.45, 7) is 0. The molecule has 2 heterocycles. The fourth-order valence-corrected chi connectivity index (χ4v) is 6.44. The second kappa shape index (κ2) is 7.82. The van der Waals surface area contributed by atoms with Crippen LogP contribution in [0.4, 0.5) is 0 Å². The summed E-state index contributed by atoms with van der Waals surface area (Å²) in [5, 5.41) is 25.0. The molecule has 5 heteroatoms. The van der Waals surface area contributed by atoms with Crippen molar-refractivity contribution in [3.05, 3.63) is 109 Å². The van der Waals surface area contributed by atoms with Crippen molar-refractivity contribution in [2.75, 3.05) is 0 Å². The van der Waals surface area contributed by atoms with E-state index in [1.54, 1.807) is 11.3 Å². The second-order valence-electron chi connectivity index (χ2n) is 8.83. The van der Waals surface area contributed by atoms with E-state index in [9.17, 15) is 10.0 Å². The number of nitrogens with zero attached hydrogens (tertiary/aromatic N) is 1. The Morgan fingerprint density at radius 2 is 1.26 bits per heavy atom. The Morgan fingerprint density at radius 1 is 0.571 bits per heavy atom. The molecule has 0 saturated heterocycles. The first-order chi connectivity index (χ1) is 17.2. The molecule has 0 saturated carbocycles. The zero-order valence-electron chi connectivity index (χ0n) is 18.7. The van der Waals surface area contributed by atoms with E-state index in [0.29, 0.717) is 5.46 Å². The predicted molar refractivity (Wildman–Crippen MR) is 149 cm³/mol. The molecule has 2 N–H and O–H groups in total. The minimum absolute atomic E-state index is 0.547. The Labute approximate surface area is 206 Å². The van der Waals surface area contributed by atoms with Gasteiger partial charge in [-0.1, -0.05) is 66.7 Å². The van der Waals surface area contributed by atoms with E-state index in [-0.39, 0.29) is 0 Å². The van der Waals surface area contributed by atoms with E-state index in [0.717, 1.165) is 48.0 Å². The van der Waals surface area contributed by atoms with Gasteiger partial charge in [-0.3, -0.25) is 0 Å². The van der Waals surface area contributed by atoms with E-state index in [1.165, 1.54) is 10.8 Å². The summed E-state index contributed by atoms with van der Waals surface area (Å²) < 4.78 is 4.36. The molecule has 0 bridgehead atoms. The third-order valence-electron chi connectivity index (χ3n) is 6.81. The summed E-state index contributed by atoms with van der Waals surface area (Å²) in [5.41, 5.74) is 6.01. The molecular weight excluding hydrogens is 449 g/mol. The summed E-state index contributed by atoms with van der Waals surface area (Å²) in [5.74, 6) is 0. The normalized spacial score (nSPS) is 11.7. The molecule has 0 aliphatic heterocycles. The number of hydrogen-bond donors (Lipinski definition) is 2. The van der Waals surface area contributed by atoms with Crippen molar-refractivity contribution in [3.8, 4) is 16.8 Å². The lowest BCUT2D eigenvalue weighted by Crippen LogP contribution is -2.30. The van der Waals surface area contributed by atoms with Crippen molar-refractivity contribution < 1.29 is 10.0 Å². The molecule has 35 heavy (non-hydrogen) atoms. The highest BCUT2D eigenvalue weighted by Gasteiger charge is 2.20. The maximum Gasteiger partial charge on any atom is 0.489 e. The smallest absolute Gasteiger partial charge is 0.423 e. The van der Waals surface area contributed by atoms with Gasteiger partial charge in [0.25, 0.3) is 0 Å². The molecule has 3 nitrogen and oxygen atoms in total. The van der Waals surface area contributed by atoms with Gasteiger partial charge in [-0.2, -0.15) is 0 Å². The molecule has 0 aliphatic rings. The molecular formula is C30H20BNO2S. The largest absolute Gasteiger partial charge is 0.489 e. The van der Waals surface area contributed by atoms with Gasteiger partial charge in [0.15, 0.2) is 0 Å². The van der Waals surface area contributed by atoms with Gasteiger partial charge in [0.05, 0.1) is 11.0 Å². The van der Waals surface area contributed by atoms with Crippen LogP contribution in [-0.4, -0.2) is 21.7 Å². The van der Waals surface area contributed by atoms with Crippen molar-refractivity contribution in [3.63, 3.8) is 0 Å². The van der Waals surface area contributed by atoms with Crippen molar-refractivity contribution in [2.24, 2.45) is 0 Å². The highest BCUT2D eigenvalue weighted by Crippen LogP contribution is 2.38. The lowest BCUT2D eigenvalue weighted by molar-refractivity contribution is 0.426. The van der Waals surface area contributed by atoms with Crippen LogP contribution in [-0.2, 0) is 0 Å². The highest BCUT2D eigenvalue weighted by atomic mass is 32.1. The predicted octanol–water partition coefficient (Wildman–Crippen LogP) is 6.50. The van der Waals surface area contributed by atoms with Gasteiger partial charge in [0, 0.05) is 42.1 Å². The van der Waals surface area contributed by atoms with Gasteiger partial charge in [-0.05, 0) is 53.6 Å². The monoisotopic (exact) mass is 469 g/mol. The van der Waals surface area contributed by atoms with E-state index in [1.807, 2.05) is 24.3 Å². The summed E-state index contributed by atoms with van der Waals surface area (Å²) in [6, 6.07) is 37.7. The topological polar surface area (TPSA) is 45.4 Å². The minimum Gasteiger partial charge on any atom is -0.423 e. The maximum atomic E-state index is 10.2. The van der Waals surface area contributed by atoms with Crippen LogP contribution in [0.25, 0.3) is 58.8 Å². The molecule has 2 aromatic heterocycles. The second-order valence-corrected chi connectivity index (χ2v) is 9.89. The van der Waals surface area contributed by atoms with Gasteiger partial charge < -0.3 is 14.6 Å². The number of thiophene rings is 1. The number of aromatic nitrogens is 1. The third-order valence-corrected chi connectivity index (χ3v) is 8.04. The van der Waals surface area contributed by atoms with Crippen molar-refractivity contribution in [2.45, 2.75) is 0 Å². The molecule has 7 aromatic rings. The molecule has 5 aromatic carbocycles. The molecule has 0 atom stereocenters. The Bertz CT molecular complexity index is 1890. The van der Waals surface area contributed by atoms with Gasteiger partial charge in [0.2, 0.25) is 0 Å². The summed E-state index contributed by atoms with van der Waals surface area (Å²) in [4.78, 5) is 0. The van der Waals surface area contributed by atoms with Crippen LogP contribution in [0, 0.1) is 0 Å². The molecule has 0 fully saturated rings. The summed E-state index contributed by atoms with van der Waals surface area (Å²) in [6.07, 6.45) is 0. The molecule has 0 spiro atoms. The summed E-state index contributed by atoms with van der Waals surface area (Å²) >= 11 is 1.60. The third kappa shape index (κ3) is 3.13. The fraction of sp³-hybridized carbons (Fsp3) is 0. The highest BCUT2D eigenvalue weighted by molar-refractivity contribution is 7.27. The average molecular weight is 469 g/mol. The van der Waals surface area contributed by atoms with Gasteiger partial charge in [0.1, 0.15) is 0 Å². The van der Waals surface area contributed by atoms with Crippen molar-refractivity contribution >= 4 is 65.9 Å². The molecule has 7 rings (SSSR count). The van der Waals surface area contributed by atoms with Crippen LogP contribution in [0.1, 0.15) is 0 Å². The van der Waals surface area contributed by atoms with Gasteiger partial charge in [-0.15, -0.1) is 11.3 Å². The maximum absolute atomic E-state index is 10.2. The number of benzene rings is 5. The lowest BCUT2D eigenvalue weighted by Gasteiger charge is -2.10. The Hall–Kier alpha value is -3.90. The van der Waals surface area contributed by atoms with Gasteiger partial charge in [-0.25, -0.2) is 0 Å². The lowest BCUT2D eigenvalue weighted by atomic mass is 9.78. The number of rotatable bonds is 3. The minimum atomic E-state index is -1.53. The first-order valence-corrected chi connectivity index (χ1v) is 12.4. The number of para-hydroxylation sites is 2. The number of hydrogen-bond acceptors (Lipinski definition) is 3. The Kier molecular flexibility index (Phi) is 4.58. The molecule has 0 amide bonds. The van der Waals surface area contributed by atoms with E-state index in [4.69, 9.17) is 0 Å². The van der Waals surface area contributed by atoms with Crippen LogP contribution < -0.4 is 5.46 Å². The van der Waals surface area contributed by atoms with Crippen LogP contribution in [0.3, 0.4) is 0 Å². The standard InChI is InChI=1S/C30H20BNO2S/c33-31(34)26-18-20(17-25-23-11-5-7-13-29(23)35-30(25)26)19-14-15-28-24(16-19)22-10-4-6-12-27(22)32(28)21-8-2-1-3-9-21/h1-18,33-34H. The number of fused-ring (bicyclic) bond motifs is 6. The van der Waals surface area contributed by atoms with Gasteiger partial charge >= 0.3 is 7.12 Å². The van der Waals surface area contributed by atoms with Crippen LogP contribution >= 0.6 is 11.3 Å².